The van der Waals surface area contributed by atoms with E-state index in [1.807, 2.05) is 56.3 Å². The number of benzene rings is 2. The lowest BCUT2D eigenvalue weighted by Gasteiger charge is -2.37. The number of H-pyrrole nitrogens is 1. The molecule has 2 aromatic carbocycles. The average Bonchev–Trinajstić information content (AvgIpc) is 3.51. The van der Waals surface area contributed by atoms with Crippen molar-refractivity contribution >= 4 is 28.6 Å². The molecule has 0 radical (unpaired) electrons. The van der Waals surface area contributed by atoms with Crippen LogP contribution in [0.15, 0.2) is 48.5 Å². The molecule has 1 aliphatic carbocycles. The fourth-order valence-electron chi connectivity index (χ4n) is 5.64. The Morgan fingerprint density at radius 3 is 2.60 bits per heavy atom. The number of para-hydroxylation sites is 1. The Morgan fingerprint density at radius 2 is 1.83 bits per heavy atom. The van der Waals surface area contributed by atoms with Gasteiger partial charge in [0.2, 0.25) is 11.8 Å². The Hall–Kier alpha value is -3.61. The van der Waals surface area contributed by atoms with Gasteiger partial charge in [0.25, 0.3) is 5.91 Å². The standard InChI is InChI=1S/C28H30N4O3/c1-15(2)13-22(26(33)29-16-11-12-16)31-27(34)23-14-20-17-7-5-6-10-21(17)30-24(20)25-18-8-3-4-9-19(18)28(35)32(23)25/h3-10,15-16,22-23,25,30H,11-14H2,1-2H3,(H,29,33)(H,31,34)/t22-,23-,25+/m0/s1. The van der Waals surface area contributed by atoms with Gasteiger partial charge in [-0.2, -0.15) is 0 Å². The molecule has 3 heterocycles. The van der Waals surface area contributed by atoms with Crippen molar-refractivity contribution in [2.75, 3.05) is 0 Å². The Morgan fingerprint density at radius 1 is 1.09 bits per heavy atom. The second-order valence-electron chi connectivity index (χ2n) is 10.5. The average molecular weight is 471 g/mol. The first kappa shape index (κ1) is 21.9. The van der Waals surface area contributed by atoms with Crippen LogP contribution in [0, 0.1) is 5.92 Å². The van der Waals surface area contributed by atoms with E-state index in [0.29, 0.717) is 18.4 Å². The first-order chi connectivity index (χ1) is 16.9. The highest BCUT2D eigenvalue weighted by atomic mass is 16.2. The third-order valence-electron chi connectivity index (χ3n) is 7.42. The van der Waals surface area contributed by atoms with Gasteiger partial charge in [-0.05, 0) is 48.4 Å². The Bertz CT molecular complexity index is 1340. The summed E-state index contributed by atoms with van der Waals surface area (Å²) in [6.45, 7) is 4.08. The number of fused-ring (bicyclic) bond motifs is 7. The molecule has 3 aliphatic rings. The van der Waals surface area contributed by atoms with Gasteiger partial charge in [-0.3, -0.25) is 14.4 Å². The Labute approximate surface area is 204 Å². The van der Waals surface area contributed by atoms with Crippen LogP contribution in [-0.4, -0.2) is 45.7 Å². The second kappa shape index (κ2) is 8.26. The van der Waals surface area contributed by atoms with Crippen molar-refractivity contribution in [3.63, 3.8) is 0 Å². The molecule has 1 fully saturated rings. The third-order valence-corrected chi connectivity index (χ3v) is 7.42. The third kappa shape index (κ3) is 3.70. The van der Waals surface area contributed by atoms with Gasteiger partial charge in [-0.1, -0.05) is 50.2 Å². The van der Waals surface area contributed by atoms with E-state index in [0.717, 1.165) is 40.6 Å². The number of hydrogen-bond acceptors (Lipinski definition) is 3. The molecular formula is C28H30N4O3. The molecule has 2 aliphatic heterocycles. The molecule has 0 bridgehead atoms. The molecule has 0 spiro atoms. The van der Waals surface area contributed by atoms with Crippen LogP contribution in [0.5, 0.6) is 0 Å². The van der Waals surface area contributed by atoms with Crippen molar-refractivity contribution in [3.8, 4) is 0 Å². The number of rotatable bonds is 6. The first-order valence-electron chi connectivity index (χ1n) is 12.5. The summed E-state index contributed by atoms with van der Waals surface area (Å²) >= 11 is 0. The molecule has 35 heavy (non-hydrogen) atoms. The van der Waals surface area contributed by atoms with Gasteiger partial charge >= 0.3 is 0 Å². The van der Waals surface area contributed by atoms with Crippen LogP contribution in [0.4, 0.5) is 0 Å². The maximum atomic E-state index is 13.8. The van der Waals surface area contributed by atoms with Crippen LogP contribution < -0.4 is 10.6 Å². The SMILES string of the molecule is CC(C)C[C@H](NC(=O)[C@@H]1Cc2c([nH]c3ccccc23)[C@H]2c3ccccc3C(=O)N21)C(=O)NC1CC1. The van der Waals surface area contributed by atoms with Crippen LogP contribution in [0.1, 0.15) is 66.3 Å². The molecule has 180 valence electrons. The van der Waals surface area contributed by atoms with Crippen molar-refractivity contribution < 1.29 is 14.4 Å². The topological polar surface area (TPSA) is 94.3 Å². The smallest absolute Gasteiger partial charge is 0.255 e. The van der Waals surface area contributed by atoms with Crippen LogP contribution in [-0.2, 0) is 16.0 Å². The fraction of sp³-hybridized carbons (Fsp3) is 0.393. The van der Waals surface area contributed by atoms with Gasteiger partial charge in [-0.25, -0.2) is 0 Å². The maximum absolute atomic E-state index is 13.8. The lowest BCUT2D eigenvalue weighted by atomic mass is 9.89. The number of aromatic nitrogens is 1. The molecule has 3 aromatic rings. The largest absolute Gasteiger partial charge is 0.356 e. The van der Waals surface area contributed by atoms with E-state index < -0.39 is 12.1 Å². The number of aromatic amines is 1. The molecule has 0 unspecified atom stereocenters. The molecule has 3 atom stereocenters. The summed E-state index contributed by atoms with van der Waals surface area (Å²) in [5.74, 6) is -0.311. The summed E-state index contributed by atoms with van der Waals surface area (Å²) in [6.07, 6.45) is 2.93. The van der Waals surface area contributed by atoms with E-state index in [-0.39, 0.29) is 35.7 Å². The summed E-state index contributed by atoms with van der Waals surface area (Å²) in [7, 11) is 0. The lowest BCUT2D eigenvalue weighted by molar-refractivity contribution is -0.132. The molecular weight excluding hydrogens is 440 g/mol. The highest BCUT2D eigenvalue weighted by Crippen LogP contribution is 2.46. The number of hydrogen-bond donors (Lipinski definition) is 3. The number of nitrogens with zero attached hydrogens (tertiary/aromatic N) is 1. The first-order valence-corrected chi connectivity index (χ1v) is 12.5. The van der Waals surface area contributed by atoms with Gasteiger partial charge in [0.1, 0.15) is 12.1 Å². The van der Waals surface area contributed by atoms with E-state index in [9.17, 15) is 14.4 Å². The summed E-state index contributed by atoms with van der Waals surface area (Å²) in [6, 6.07) is 14.2. The van der Waals surface area contributed by atoms with Crippen molar-refractivity contribution in [3.05, 3.63) is 70.9 Å². The zero-order valence-electron chi connectivity index (χ0n) is 20.0. The van der Waals surface area contributed by atoms with E-state index in [1.165, 1.54) is 0 Å². The number of carbonyl (C=O) groups is 3. The van der Waals surface area contributed by atoms with Gasteiger partial charge in [0.05, 0.1) is 6.04 Å². The zero-order chi connectivity index (χ0) is 24.3. The van der Waals surface area contributed by atoms with Gasteiger partial charge < -0.3 is 20.5 Å². The predicted octanol–water partition coefficient (Wildman–Crippen LogP) is 3.45. The van der Waals surface area contributed by atoms with Crippen molar-refractivity contribution in [2.24, 2.45) is 5.92 Å². The Kier molecular flexibility index (Phi) is 5.16. The monoisotopic (exact) mass is 470 g/mol. The minimum absolute atomic E-state index is 0.134. The second-order valence-corrected chi connectivity index (χ2v) is 10.5. The van der Waals surface area contributed by atoms with E-state index in [4.69, 9.17) is 0 Å². The summed E-state index contributed by atoms with van der Waals surface area (Å²) in [5.41, 5.74) is 4.57. The molecule has 7 heteroatoms. The van der Waals surface area contributed by atoms with Gasteiger partial charge in [0, 0.05) is 34.6 Å². The number of nitrogens with one attached hydrogen (secondary N) is 3. The molecule has 7 nitrogen and oxygen atoms in total. The van der Waals surface area contributed by atoms with Crippen molar-refractivity contribution in [1.82, 2.24) is 20.5 Å². The number of amides is 3. The van der Waals surface area contributed by atoms with Crippen LogP contribution in [0.3, 0.4) is 0 Å². The maximum Gasteiger partial charge on any atom is 0.255 e. The fourth-order valence-corrected chi connectivity index (χ4v) is 5.64. The predicted molar refractivity (Wildman–Crippen MR) is 133 cm³/mol. The van der Waals surface area contributed by atoms with E-state index in [2.05, 4.69) is 21.7 Å². The summed E-state index contributed by atoms with van der Waals surface area (Å²) in [4.78, 5) is 45.6. The van der Waals surface area contributed by atoms with Gasteiger partial charge in [-0.15, -0.1) is 0 Å². The molecule has 3 N–H and O–H groups in total. The number of carbonyl (C=O) groups excluding carboxylic acids is 3. The minimum Gasteiger partial charge on any atom is -0.356 e. The lowest BCUT2D eigenvalue weighted by Crippen LogP contribution is -2.57. The van der Waals surface area contributed by atoms with Crippen molar-refractivity contribution in [1.29, 1.82) is 0 Å². The molecule has 6 rings (SSSR count). The van der Waals surface area contributed by atoms with Crippen LogP contribution in [0.2, 0.25) is 0 Å². The summed E-state index contributed by atoms with van der Waals surface area (Å²) in [5, 5.41) is 7.13. The molecule has 3 amide bonds. The zero-order valence-corrected chi connectivity index (χ0v) is 20.0. The molecule has 1 aromatic heterocycles. The van der Waals surface area contributed by atoms with Crippen LogP contribution in [0.25, 0.3) is 10.9 Å². The summed E-state index contributed by atoms with van der Waals surface area (Å²) < 4.78 is 0. The Balaban J connectivity index is 1.38. The van der Waals surface area contributed by atoms with Gasteiger partial charge in [0.15, 0.2) is 0 Å². The van der Waals surface area contributed by atoms with E-state index >= 15 is 0 Å². The quantitative estimate of drug-likeness (QED) is 0.515. The van der Waals surface area contributed by atoms with E-state index in [1.54, 1.807) is 4.90 Å². The molecule has 1 saturated carbocycles. The van der Waals surface area contributed by atoms with Crippen molar-refractivity contribution in [2.45, 2.75) is 63.7 Å². The van der Waals surface area contributed by atoms with Crippen LogP contribution >= 0.6 is 0 Å². The molecule has 0 saturated heterocycles. The normalized spacial score (nSPS) is 21.5. The highest BCUT2D eigenvalue weighted by molar-refractivity contribution is 6.04. The minimum atomic E-state index is -0.699. The highest BCUT2D eigenvalue weighted by Gasteiger charge is 2.49.